The van der Waals surface area contributed by atoms with Gasteiger partial charge in [0.1, 0.15) is 5.60 Å². The number of likely N-dealkylation sites (tertiary alicyclic amines) is 1. The van der Waals surface area contributed by atoms with Gasteiger partial charge in [0, 0.05) is 13.1 Å². The summed E-state index contributed by atoms with van der Waals surface area (Å²) in [6.45, 7) is 15.2. The van der Waals surface area contributed by atoms with Crippen molar-refractivity contribution in [1.82, 2.24) is 4.90 Å². The number of hydrogen-bond acceptors (Lipinski definition) is 4. The van der Waals surface area contributed by atoms with Crippen LogP contribution in [0.15, 0.2) is 0 Å². The highest BCUT2D eigenvalue weighted by Gasteiger charge is 2.48. The number of amides is 1. The topological polar surface area (TPSA) is 60.2 Å². The molecule has 0 bridgehead atoms. The van der Waals surface area contributed by atoms with Crippen molar-refractivity contribution in [3.05, 3.63) is 11.4 Å². The van der Waals surface area contributed by atoms with E-state index in [0.717, 1.165) is 0 Å². The highest BCUT2D eigenvalue weighted by atomic mass is 16.6. The molecule has 1 rings (SSSR count). The van der Waals surface area contributed by atoms with Gasteiger partial charge >= 0.3 is 12.1 Å². The molecule has 0 radical (unpaired) electrons. The summed E-state index contributed by atoms with van der Waals surface area (Å²) < 4.78 is 10.5. The Kier molecular flexibility index (Phi) is 5.59. The van der Waals surface area contributed by atoms with E-state index in [-0.39, 0.29) is 19.7 Å². The van der Waals surface area contributed by atoms with Crippen LogP contribution in [0.5, 0.6) is 0 Å². The van der Waals surface area contributed by atoms with Crippen molar-refractivity contribution >= 4 is 12.1 Å². The summed E-state index contributed by atoms with van der Waals surface area (Å²) in [4.78, 5) is 29.3. The van der Waals surface area contributed by atoms with Crippen LogP contribution in [0.1, 0.15) is 40.5 Å². The van der Waals surface area contributed by atoms with Crippen LogP contribution in [-0.4, -0.2) is 48.8 Å². The molecule has 1 saturated heterocycles. The SMILES string of the molecule is [C-]#[N+]CC1(C(=O)OCC)CCCN(C(=O)OC(C)(C)C)C1. The summed E-state index contributed by atoms with van der Waals surface area (Å²) in [5.41, 5.74) is -1.51. The number of carbonyl (C=O) groups excluding carboxylic acids is 2. The molecule has 1 heterocycles. The second kappa shape index (κ2) is 6.79. The van der Waals surface area contributed by atoms with Gasteiger partial charge in [0.2, 0.25) is 6.54 Å². The van der Waals surface area contributed by atoms with Gasteiger partial charge < -0.3 is 19.2 Å². The number of rotatable bonds is 3. The molecule has 1 amide bonds. The second-order valence-electron chi connectivity index (χ2n) is 6.32. The lowest BCUT2D eigenvalue weighted by Gasteiger charge is -2.38. The van der Waals surface area contributed by atoms with Crippen molar-refractivity contribution < 1.29 is 19.1 Å². The van der Waals surface area contributed by atoms with Gasteiger partial charge in [-0.15, -0.1) is 0 Å². The van der Waals surface area contributed by atoms with E-state index in [1.54, 1.807) is 27.7 Å². The van der Waals surface area contributed by atoms with Crippen molar-refractivity contribution in [3.8, 4) is 0 Å². The Bertz CT molecular complexity index is 436. The van der Waals surface area contributed by atoms with Crippen LogP contribution in [0.25, 0.3) is 4.85 Å². The van der Waals surface area contributed by atoms with E-state index < -0.39 is 23.1 Å². The zero-order valence-electron chi connectivity index (χ0n) is 13.3. The largest absolute Gasteiger partial charge is 0.465 e. The molecule has 0 N–H and O–H groups in total. The summed E-state index contributed by atoms with van der Waals surface area (Å²) in [7, 11) is 0. The lowest BCUT2D eigenvalue weighted by Crippen LogP contribution is -2.52. The summed E-state index contributed by atoms with van der Waals surface area (Å²) in [6.07, 6.45) is 0.780. The number of piperidine rings is 1. The molecule has 1 atom stereocenters. The van der Waals surface area contributed by atoms with Crippen molar-refractivity contribution in [1.29, 1.82) is 0 Å². The van der Waals surface area contributed by atoms with Crippen LogP contribution >= 0.6 is 0 Å². The van der Waals surface area contributed by atoms with Gasteiger partial charge in [-0.3, -0.25) is 4.79 Å². The van der Waals surface area contributed by atoms with Crippen LogP contribution in [0.3, 0.4) is 0 Å². The Hall–Kier alpha value is -1.77. The Morgan fingerprint density at radius 1 is 1.38 bits per heavy atom. The molecule has 1 fully saturated rings. The molecule has 0 aromatic rings. The summed E-state index contributed by atoms with van der Waals surface area (Å²) in [5.74, 6) is -0.394. The first-order valence-electron chi connectivity index (χ1n) is 7.22. The third-order valence-electron chi connectivity index (χ3n) is 3.32. The van der Waals surface area contributed by atoms with Crippen molar-refractivity contribution in [3.63, 3.8) is 0 Å². The Labute approximate surface area is 126 Å². The zero-order valence-corrected chi connectivity index (χ0v) is 13.3. The number of hydrogen-bond donors (Lipinski definition) is 0. The van der Waals surface area contributed by atoms with E-state index in [2.05, 4.69) is 4.85 Å². The molecule has 6 heteroatoms. The predicted octanol–water partition coefficient (Wildman–Crippen LogP) is 2.49. The van der Waals surface area contributed by atoms with Gasteiger partial charge in [0.25, 0.3) is 0 Å². The monoisotopic (exact) mass is 296 g/mol. The van der Waals surface area contributed by atoms with Crippen molar-refractivity contribution in [2.24, 2.45) is 5.41 Å². The molecule has 0 aliphatic carbocycles. The molecule has 0 aromatic carbocycles. The molecule has 0 spiro atoms. The zero-order chi connectivity index (χ0) is 16.1. The molecule has 118 valence electrons. The van der Waals surface area contributed by atoms with E-state index in [0.29, 0.717) is 19.4 Å². The summed E-state index contributed by atoms with van der Waals surface area (Å²) >= 11 is 0. The lowest BCUT2D eigenvalue weighted by atomic mass is 9.80. The first-order chi connectivity index (χ1) is 9.74. The summed E-state index contributed by atoms with van der Waals surface area (Å²) in [6, 6.07) is 0. The predicted molar refractivity (Wildman–Crippen MR) is 77.6 cm³/mol. The van der Waals surface area contributed by atoms with E-state index >= 15 is 0 Å². The maximum Gasteiger partial charge on any atom is 0.410 e. The fraction of sp³-hybridized carbons (Fsp3) is 0.800. The minimum Gasteiger partial charge on any atom is -0.465 e. The van der Waals surface area contributed by atoms with E-state index in [1.807, 2.05) is 0 Å². The number of nitrogens with zero attached hydrogens (tertiary/aromatic N) is 2. The minimum atomic E-state index is -0.924. The molecule has 6 nitrogen and oxygen atoms in total. The standard InChI is InChI=1S/C15H24N2O4/c1-6-20-12(18)15(10-16-5)8-7-9-17(11-15)13(19)21-14(2,3)4/h6-11H2,1-4H3. The normalized spacial score (nSPS) is 22.3. The lowest BCUT2D eigenvalue weighted by molar-refractivity contribution is -0.157. The van der Waals surface area contributed by atoms with Gasteiger partial charge in [-0.05, 0) is 40.5 Å². The van der Waals surface area contributed by atoms with E-state index in [1.165, 1.54) is 4.90 Å². The van der Waals surface area contributed by atoms with Gasteiger partial charge in [0.15, 0.2) is 5.41 Å². The molecule has 1 aliphatic rings. The van der Waals surface area contributed by atoms with Crippen molar-refractivity contribution in [2.45, 2.75) is 46.1 Å². The summed E-state index contributed by atoms with van der Waals surface area (Å²) in [5, 5.41) is 0. The van der Waals surface area contributed by atoms with Crippen LogP contribution in [-0.2, 0) is 14.3 Å². The molecular formula is C15H24N2O4. The van der Waals surface area contributed by atoms with Crippen molar-refractivity contribution in [2.75, 3.05) is 26.2 Å². The van der Waals surface area contributed by atoms with Gasteiger partial charge in [0.05, 0.1) is 6.61 Å². The number of esters is 1. The van der Waals surface area contributed by atoms with Crippen LogP contribution < -0.4 is 0 Å². The smallest absolute Gasteiger partial charge is 0.410 e. The van der Waals surface area contributed by atoms with E-state index in [9.17, 15) is 9.59 Å². The number of ether oxygens (including phenoxy) is 2. The average molecular weight is 296 g/mol. The fourth-order valence-corrected chi connectivity index (χ4v) is 2.41. The molecule has 1 aliphatic heterocycles. The second-order valence-corrected chi connectivity index (χ2v) is 6.32. The first-order valence-corrected chi connectivity index (χ1v) is 7.22. The molecule has 21 heavy (non-hydrogen) atoms. The Morgan fingerprint density at radius 2 is 2.05 bits per heavy atom. The van der Waals surface area contributed by atoms with Gasteiger partial charge in [-0.2, -0.15) is 0 Å². The molecule has 1 unspecified atom stereocenters. The fourth-order valence-electron chi connectivity index (χ4n) is 2.41. The minimum absolute atomic E-state index is 0.0329. The van der Waals surface area contributed by atoms with Gasteiger partial charge in [-0.25, -0.2) is 11.4 Å². The van der Waals surface area contributed by atoms with Crippen LogP contribution in [0.4, 0.5) is 4.79 Å². The number of carbonyl (C=O) groups is 2. The highest BCUT2D eigenvalue weighted by Crippen LogP contribution is 2.33. The maximum atomic E-state index is 12.2. The van der Waals surface area contributed by atoms with E-state index in [4.69, 9.17) is 16.0 Å². The average Bonchev–Trinajstić information content (AvgIpc) is 2.37. The molecule has 0 saturated carbocycles. The van der Waals surface area contributed by atoms with Crippen LogP contribution in [0.2, 0.25) is 0 Å². The third-order valence-corrected chi connectivity index (χ3v) is 3.32. The quantitative estimate of drug-likeness (QED) is 0.593. The third kappa shape index (κ3) is 4.62. The van der Waals surface area contributed by atoms with Crippen LogP contribution in [0, 0.1) is 12.0 Å². The Balaban J connectivity index is 2.86. The van der Waals surface area contributed by atoms with Gasteiger partial charge in [-0.1, -0.05) is 0 Å². The Morgan fingerprint density at radius 3 is 2.57 bits per heavy atom. The maximum absolute atomic E-state index is 12.2. The molecule has 0 aromatic heterocycles. The highest BCUT2D eigenvalue weighted by molar-refractivity contribution is 5.79. The molecular weight excluding hydrogens is 272 g/mol. The first kappa shape index (κ1) is 17.3.